The van der Waals surface area contributed by atoms with Crippen molar-refractivity contribution in [2.75, 3.05) is 26.2 Å². The predicted molar refractivity (Wildman–Crippen MR) is 107 cm³/mol. The molecule has 8 nitrogen and oxygen atoms in total. The normalized spacial score (nSPS) is 23.6. The van der Waals surface area contributed by atoms with Gasteiger partial charge in [0, 0.05) is 37.8 Å². The summed E-state index contributed by atoms with van der Waals surface area (Å²) in [5.74, 6) is 0.310. The van der Waals surface area contributed by atoms with Crippen LogP contribution in [0.4, 0.5) is 4.79 Å². The van der Waals surface area contributed by atoms with E-state index in [4.69, 9.17) is 0 Å². The van der Waals surface area contributed by atoms with Gasteiger partial charge >= 0.3 is 11.7 Å². The van der Waals surface area contributed by atoms with Gasteiger partial charge < -0.3 is 19.8 Å². The van der Waals surface area contributed by atoms with Crippen molar-refractivity contribution in [1.29, 1.82) is 0 Å². The van der Waals surface area contributed by atoms with Crippen LogP contribution in [0.1, 0.15) is 38.6 Å². The first-order chi connectivity index (χ1) is 13.6. The number of H-pyrrole nitrogens is 2. The molecule has 5 heterocycles. The number of fused-ring (bicyclic) bond motifs is 3. The summed E-state index contributed by atoms with van der Waals surface area (Å²) in [5, 5.41) is 0.933. The van der Waals surface area contributed by atoms with E-state index in [9.17, 15) is 9.59 Å². The lowest BCUT2D eigenvalue weighted by atomic mass is 9.93. The molecule has 2 aliphatic rings. The predicted octanol–water partition coefficient (Wildman–Crippen LogP) is 2.69. The van der Waals surface area contributed by atoms with E-state index in [1.54, 1.807) is 6.20 Å². The van der Waals surface area contributed by atoms with E-state index >= 15 is 0 Å². The van der Waals surface area contributed by atoms with Gasteiger partial charge in [0.2, 0.25) is 0 Å². The molecule has 2 unspecified atom stereocenters. The van der Waals surface area contributed by atoms with E-state index in [1.165, 1.54) is 6.42 Å². The Morgan fingerprint density at radius 2 is 2.00 bits per heavy atom. The fourth-order valence-corrected chi connectivity index (χ4v) is 4.78. The van der Waals surface area contributed by atoms with Crippen LogP contribution in [0.5, 0.6) is 0 Å². The molecule has 148 valence electrons. The fraction of sp³-hybridized carbons (Fsp3) is 0.550. The molecule has 2 aliphatic heterocycles. The third-order valence-electron chi connectivity index (χ3n) is 6.41. The summed E-state index contributed by atoms with van der Waals surface area (Å²) in [6.45, 7) is 5.19. The number of aromatic nitrogens is 4. The van der Waals surface area contributed by atoms with Crippen molar-refractivity contribution in [3.8, 4) is 0 Å². The number of rotatable bonds is 1. The molecule has 2 atom stereocenters. The van der Waals surface area contributed by atoms with Crippen molar-refractivity contribution in [2.45, 2.75) is 38.6 Å². The van der Waals surface area contributed by atoms with E-state index in [1.807, 2.05) is 26.6 Å². The molecule has 0 saturated carbocycles. The minimum absolute atomic E-state index is 0.0516. The Labute approximate surface area is 162 Å². The molecule has 2 amide bonds. The smallest absolute Gasteiger partial charge is 0.326 e. The van der Waals surface area contributed by atoms with Gasteiger partial charge in [-0.1, -0.05) is 6.92 Å². The highest BCUT2D eigenvalue weighted by molar-refractivity contribution is 6.00. The Bertz CT molecular complexity index is 1070. The number of carbonyl (C=O) groups excluding carboxylic acids is 1. The number of amides is 2. The number of imidazole rings is 1. The lowest BCUT2D eigenvalue weighted by Crippen LogP contribution is -2.51. The van der Waals surface area contributed by atoms with Gasteiger partial charge in [0.05, 0.1) is 23.3 Å². The van der Waals surface area contributed by atoms with Crippen molar-refractivity contribution in [3.05, 3.63) is 28.9 Å². The zero-order valence-electron chi connectivity index (χ0n) is 16.1. The molecule has 5 rings (SSSR count). The molecule has 2 saturated heterocycles. The van der Waals surface area contributed by atoms with Crippen LogP contribution in [0.25, 0.3) is 22.1 Å². The number of hydrogen-bond acceptors (Lipinski definition) is 3. The first-order valence-corrected chi connectivity index (χ1v) is 10.2. The minimum atomic E-state index is -0.130. The Hall–Kier alpha value is -2.77. The average Bonchev–Trinajstić information content (AvgIpc) is 3.32. The van der Waals surface area contributed by atoms with E-state index in [-0.39, 0.29) is 17.8 Å². The molecule has 0 radical (unpaired) electrons. The van der Waals surface area contributed by atoms with Gasteiger partial charge in [0.25, 0.3) is 0 Å². The van der Waals surface area contributed by atoms with Crippen molar-refractivity contribution in [2.24, 2.45) is 5.92 Å². The molecule has 2 fully saturated rings. The van der Waals surface area contributed by atoms with Gasteiger partial charge in [-0.25, -0.2) is 14.6 Å². The number of urea groups is 1. The second-order valence-electron chi connectivity index (χ2n) is 8.17. The SMILES string of the molecule is CC1CCN(C(=O)N2CCCCC2)CC1n1c(=O)[nH]c2cnc3[nH]ccc3c21. The maximum Gasteiger partial charge on any atom is 0.326 e. The highest BCUT2D eigenvalue weighted by Crippen LogP contribution is 2.32. The summed E-state index contributed by atoms with van der Waals surface area (Å²) in [7, 11) is 0. The second kappa shape index (κ2) is 6.68. The topological polar surface area (TPSA) is 90.0 Å². The van der Waals surface area contributed by atoms with Crippen LogP contribution in [-0.2, 0) is 0 Å². The van der Waals surface area contributed by atoms with Crippen molar-refractivity contribution in [1.82, 2.24) is 29.3 Å². The summed E-state index contributed by atoms with van der Waals surface area (Å²) in [5.41, 5.74) is 2.25. The standard InChI is InChI=1S/C20H26N6O2/c1-13-6-10-25(20(28)24-8-3-2-4-9-24)12-16(13)26-17-14-5-7-21-18(14)22-11-15(17)23-19(26)27/h5,7,11,13,16H,2-4,6,8-10,12H2,1H3,(H,21,22)(H,23,27). The number of aromatic amines is 2. The molecule has 0 bridgehead atoms. The Morgan fingerprint density at radius 3 is 2.82 bits per heavy atom. The van der Waals surface area contributed by atoms with Crippen LogP contribution < -0.4 is 5.69 Å². The zero-order valence-corrected chi connectivity index (χ0v) is 16.1. The number of carbonyl (C=O) groups is 1. The van der Waals surface area contributed by atoms with E-state index in [0.717, 1.165) is 61.0 Å². The Morgan fingerprint density at radius 1 is 1.18 bits per heavy atom. The number of hydrogen-bond donors (Lipinski definition) is 2. The largest absolute Gasteiger partial charge is 0.346 e. The lowest BCUT2D eigenvalue weighted by molar-refractivity contribution is 0.106. The highest BCUT2D eigenvalue weighted by Gasteiger charge is 2.34. The molecular weight excluding hydrogens is 356 g/mol. The van der Waals surface area contributed by atoms with Crippen LogP contribution >= 0.6 is 0 Å². The number of nitrogens with zero attached hydrogens (tertiary/aromatic N) is 4. The molecule has 3 aromatic rings. The summed E-state index contributed by atoms with van der Waals surface area (Å²) >= 11 is 0. The average molecular weight is 382 g/mol. The first kappa shape index (κ1) is 17.3. The number of piperidine rings is 2. The quantitative estimate of drug-likeness (QED) is 0.678. The monoisotopic (exact) mass is 382 g/mol. The van der Waals surface area contributed by atoms with Crippen molar-refractivity contribution < 1.29 is 4.79 Å². The van der Waals surface area contributed by atoms with Gasteiger partial charge in [-0.05, 0) is 37.7 Å². The van der Waals surface area contributed by atoms with Gasteiger partial charge in [0.15, 0.2) is 0 Å². The number of pyridine rings is 1. The third-order valence-corrected chi connectivity index (χ3v) is 6.41. The molecule has 3 aromatic heterocycles. The van der Waals surface area contributed by atoms with Crippen LogP contribution in [0.2, 0.25) is 0 Å². The number of nitrogens with one attached hydrogen (secondary N) is 2. The molecule has 0 aromatic carbocycles. The van der Waals surface area contributed by atoms with E-state index in [2.05, 4.69) is 21.9 Å². The number of likely N-dealkylation sites (tertiary alicyclic amines) is 2. The lowest BCUT2D eigenvalue weighted by Gasteiger charge is -2.40. The maximum absolute atomic E-state index is 13.0. The molecule has 2 N–H and O–H groups in total. The van der Waals surface area contributed by atoms with Crippen LogP contribution in [0.3, 0.4) is 0 Å². The van der Waals surface area contributed by atoms with Crippen LogP contribution in [-0.4, -0.2) is 61.5 Å². The van der Waals surface area contributed by atoms with Gasteiger partial charge in [-0.2, -0.15) is 0 Å². The van der Waals surface area contributed by atoms with Crippen molar-refractivity contribution >= 4 is 28.1 Å². The summed E-state index contributed by atoms with van der Waals surface area (Å²) in [6, 6.07) is 2.03. The summed E-state index contributed by atoms with van der Waals surface area (Å²) in [4.78, 5) is 40.3. The van der Waals surface area contributed by atoms with Crippen molar-refractivity contribution in [3.63, 3.8) is 0 Å². The Kier molecular flexibility index (Phi) is 4.14. The molecule has 8 heteroatoms. The van der Waals surface area contributed by atoms with Crippen LogP contribution in [0, 0.1) is 5.92 Å². The van der Waals surface area contributed by atoms with Gasteiger partial charge in [-0.15, -0.1) is 0 Å². The Balaban J connectivity index is 1.52. The third kappa shape index (κ3) is 2.70. The van der Waals surface area contributed by atoms with E-state index in [0.29, 0.717) is 12.5 Å². The first-order valence-electron chi connectivity index (χ1n) is 10.2. The van der Waals surface area contributed by atoms with E-state index < -0.39 is 0 Å². The summed E-state index contributed by atoms with van der Waals surface area (Å²) < 4.78 is 1.85. The molecule has 0 aliphatic carbocycles. The fourth-order valence-electron chi connectivity index (χ4n) is 4.78. The van der Waals surface area contributed by atoms with Gasteiger partial charge in [-0.3, -0.25) is 4.57 Å². The highest BCUT2D eigenvalue weighted by atomic mass is 16.2. The summed E-state index contributed by atoms with van der Waals surface area (Å²) in [6.07, 6.45) is 7.81. The molecule has 0 spiro atoms. The van der Waals surface area contributed by atoms with Gasteiger partial charge in [0.1, 0.15) is 5.65 Å². The van der Waals surface area contributed by atoms with Crippen LogP contribution in [0.15, 0.2) is 23.3 Å². The zero-order chi connectivity index (χ0) is 19.3. The maximum atomic E-state index is 13.0. The molecular formula is C20H26N6O2. The second-order valence-corrected chi connectivity index (χ2v) is 8.17. The molecule has 28 heavy (non-hydrogen) atoms. The minimum Gasteiger partial charge on any atom is -0.346 e.